The number of hydrazine groups is 1. The summed E-state index contributed by atoms with van der Waals surface area (Å²) in [6, 6.07) is 1.67. The van der Waals surface area contributed by atoms with Crippen molar-refractivity contribution in [3.63, 3.8) is 0 Å². The number of anilines is 1. The molecule has 1 amide bonds. The Kier molecular flexibility index (Phi) is 6.05. The summed E-state index contributed by atoms with van der Waals surface area (Å²) < 4.78 is 0. The number of carbonyl (C=O) groups is 1. The van der Waals surface area contributed by atoms with Gasteiger partial charge in [-0.15, -0.1) is 0 Å². The molecule has 0 aromatic carbocycles. The fourth-order valence-corrected chi connectivity index (χ4v) is 2.03. The quantitative estimate of drug-likeness (QED) is 0.554. The molecule has 0 fully saturated rings. The van der Waals surface area contributed by atoms with Crippen LogP contribution in [-0.4, -0.2) is 16.9 Å². The molecule has 0 spiro atoms. The number of aromatic nitrogens is 1. The Hall–Kier alpha value is -1.33. The number of nitrogens with two attached hydrogens (primary N) is 1. The molecule has 2 atom stereocenters. The van der Waals surface area contributed by atoms with E-state index in [1.165, 1.54) is 6.20 Å². The Bertz CT molecular complexity index is 439. The average Bonchev–Trinajstić information content (AvgIpc) is 2.38. The highest BCUT2D eigenvalue weighted by Gasteiger charge is 2.13. The first-order valence-corrected chi connectivity index (χ1v) is 6.78. The lowest BCUT2D eigenvalue weighted by Crippen LogP contribution is -2.33. The van der Waals surface area contributed by atoms with Crippen LogP contribution in [0.4, 0.5) is 5.82 Å². The van der Waals surface area contributed by atoms with Crippen LogP contribution in [0, 0.1) is 5.92 Å². The number of halogens is 1. The Morgan fingerprint density at radius 2 is 2.21 bits per heavy atom. The maximum absolute atomic E-state index is 12.0. The van der Waals surface area contributed by atoms with E-state index >= 15 is 0 Å². The lowest BCUT2D eigenvalue weighted by molar-refractivity contribution is 0.0935. The Labute approximate surface area is 118 Å². The van der Waals surface area contributed by atoms with Crippen LogP contribution in [0.25, 0.3) is 0 Å². The first-order valence-electron chi connectivity index (χ1n) is 6.40. The minimum atomic E-state index is -0.172. The van der Waals surface area contributed by atoms with Gasteiger partial charge in [0.05, 0.1) is 10.6 Å². The second-order valence-corrected chi connectivity index (χ2v) is 5.23. The Morgan fingerprint density at radius 1 is 1.53 bits per heavy atom. The smallest absolute Gasteiger partial charge is 0.253 e. The van der Waals surface area contributed by atoms with Crippen molar-refractivity contribution in [3.8, 4) is 0 Å². The third-order valence-corrected chi connectivity index (χ3v) is 3.36. The second kappa shape index (κ2) is 7.31. The first kappa shape index (κ1) is 15.7. The van der Waals surface area contributed by atoms with Crippen LogP contribution in [0.5, 0.6) is 0 Å². The van der Waals surface area contributed by atoms with Gasteiger partial charge in [-0.05, 0) is 25.3 Å². The van der Waals surface area contributed by atoms with Crippen LogP contribution in [0.15, 0.2) is 12.3 Å². The van der Waals surface area contributed by atoms with Gasteiger partial charge >= 0.3 is 0 Å². The minimum Gasteiger partial charge on any atom is -0.350 e. The van der Waals surface area contributed by atoms with E-state index < -0.39 is 0 Å². The molecular formula is C13H21ClN4O. The molecule has 1 aromatic heterocycles. The molecule has 5 nitrogen and oxygen atoms in total. The van der Waals surface area contributed by atoms with Gasteiger partial charge in [0.1, 0.15) is 0 Å². The highest BCUT2D eigenvalue weighted by molar-refractivity contribution is 6.33. The predicted molar refractivity (Wildman–Crippen MR) is 78.1 cm³/mol. The molecule has 1 aromatic rings. The predicted octanol–water partition coefficient (Wildman–Crippen LogP) is 2.58. The number of hydrogen-bond donors (Lipinski definition) is 3. The zero-order chi connectivity index (χ0) is 14.4. The standard InChI is InChI=1S/C13H21ClN4O/c1-4-8(2)5-9(3)17-13(19)10-6-11(14)12(18-15)16-7-10/h6-9H,4-5,15H2,1-3H3,(H,16,18)(H,17,19). The van der Waals surface area contributed by atoms with E-state index in [2.05, 4.69) is 29.6 Å². The number of carbonyl (C=O) groups excluding carboxylic acids is 1. The van der Waals surface area contributed by atoms with Gasteiger partial charge in [0.15, 0.2) is 5.82 Å². The SMILES string of the molecule is CCC(C)CC(C)NC(=O)c1cnc(NN)c(Cl)c1. The second-order valence-electron chi connectivity index (χ2n) is 4.82. The van der Waals surface area contributed by atoms with Crippen LogP contribution in [0.1, 0.15) is 44.0 Å². The first-order chi connectivity index (χ1) is 8.97. The molecular weight excluding hydrogens is 264 g/mol. The van der Waals surface area contributed by atoms with Crippen molar-refractivity contribution in [2.75, 3.05) is 5.43 Å². The van der Waals surface area contributed by atoms with Crippen molar-refractivity contribution in [1.29, 1.82) is 0 Å². The van der Waals surface area contributed by atoms with Crippen LogP contribution in [0.2, 0.25) is 5.02 Å². The highest BCUT2D eigenvalue weighted by atomic mass is 35.5. The van der Waals surface area contributed by atoms with Crippen molar-refractivity contribution in [2.24, 2.45) is 11.8 Å². The lowest BCUT2D eigenvalue weighted by atomic mass is 10.0. The van der Waals surface area contributed by atoms with Gasteiger partial charge < -0.3 is 10.7 Å². The van der Waals surface area contributed by atoms with Gasteiger partial charge in [0.2, 0.25) is 0 Å². The molecule has 0 saturated carbocycles. The normalized spacial score (nSPS) is 13.7. The van der Waals surface area contributed by atoms with E-state index in [4.69, 9.17) is 17.4 Å². The molecule has 4 N–H and O–H groups in total. The van der Waals surface area contributed by atoms with Gasteiger partial charge in [-0.2, -0.15) is 0 Å². The average molecular weight is 285 g/mol. The molecule has 0 saturated heterocycles. The summed E-state index contributed by atoms with van der Waals surface area (Å²) in [6.45, 7) is 6.30. The van der Waals surface area contributed by atoms with Crippen LogP contribution < -0.4 is 16.6 Å². The summed E-state index contributed by atoms with van der Waals surface area (Å²) >= 11 is 5.93. The van der Waals surface area contributed by atoms with Crippen LogP contribution in [0.3, 0.4) is 0 Å². The molecule has 0 aliphatic heterocycles. The third-order valence-electron chi connectivity index (χ3n) is 3.07. The van der Waals surface area contributed by atoms with E-state index in [1.807, 2.05) is 6.92 Å². The number of nitrogens with one attached hydrogen (secondary N) is 2. The molecule has 19 heavy (non-hydrogen) atoms. The zero-order valence-corrected chi connectivity index (χ0v) is 12.3. The summed E-state index contributed by atoms with van der Waals surface area (Å²) in [6.07, 6.45) is 3.50. The molecule has 1 rings (SSSR count). The van der Waals surface area contributed by atoms with E-state index in [0.717, 1.165) is 12.8 Å². The lowest BCUT2D eigenvalue weighted by Gasteiger charge is -2.17. The maximum Gasteiger partial charge on any atom is 0.253 e. The van der Waals surface area contributed by atoms with Crippen molar-refractivity contribution < 1.29 is 4.79 Å². The molecule has 0 aliphatic carbocycles. The van der Waals surface area contributed by atoms with Crippen molar-refractivity contribution in [1.82, 2.24) is 10.3 Å². The topological polar surface area (TPSA) is 80.0 Å². The van der Waals surface area contributed by atoms with Crippen LogP contribution >= 0.6 is 11.6 Å². The molecule has 6 heteroatoms. The number of rotatable bonds is 6. The van der Waals surface area contributed by atoms with Crippen molar-refractivity contribution in [3.05, 3.63) is 22.8 Å². The van der Waals surface area contributed by atoms with Gasteiger partial charge in [-0.3, -0.25) is 4.79 Å². The molecule has 0 radical (unpaired) electrons. The summed E-state index contributed by atoms with van der Waals surface area (Å²) in [7, 11) is 0. The zero-order valence-electron chi connectivity index (χ0n) is 11.5. The largest absolute Gasteiger partial charge is 0.350 e. The summed E-state index contributed by atoms with van der Waals surface area (Å²) in [5.74, 6) is 5.99. The van der Waals surface area contributed by atoms with Crippen molar-refractivity contribution >= 4 is 23.3 Å². The molecule has 1 heterocycles. The van der Waals surface area contributed by atoms with Gasteiger partial charge in [0, 0.05) is 12.2 Å². The number of amides is 1. The summed E-state index contributed by atoms with van der Waals surface area (Å²) in [4.78, 5) is 16.0. The maximum atomic E-state index is 12.0. The number of hydrogen-bond acceptors (Lipinski definition) is 4. The summed E-state index contributed by atoms with van der Waals surface area (Å²) in [5.41, 5.74) is 2.79. The van der Waals surface area contributed by atoms with E-state index in [1.54, 1.807) is 6.07 Å². The molecule has 106 valence electrons. The van der Waals surface area contributed by atoms with Crippen molar-refractivity contribution in [2.45, 2.75) is 39.7 Å². The molecule has 2 unspecified atom stereocenters. The van der Waals surface area contributed by atoms with E-state index in [-0.39, 0.29) is 11.9 Å². The Morgan fingerprint density at radius 3 is 2.74 bits per heavy atom. The monoisotopic (exact) mass is 284 g/mol. The number of nitrogens with zero attached hydrogens (tertiary/aromatic N) is 1. The van der Waals surface area contributed by atoms with Crippen LogP contribution in [-0.2, 0) is 0 Å². The molecule has 0 bridgehead atoms. The van der Waals surface area contributed by atoms with Gasteiger partial charge in [-0.25, -0.2) is 10.8 Å². The van der Waals surface area contributed by atoms with Gasteiger partial charge in [0.25, 0.3) is 5.91 Å². The van der Waals surface area contributed by atoms with E-state index in [9.17, 15) is 4.79 Å². The number of pyridine rings is 1. The highest BCUT2D eigenvalue weighted by Crippen LogP contribution is 2.19. The minimum absolute atomic E-state index is 0.119. The van der Waals surface area contributed by atoms with E-state index in [0.29, 0.717) is 22.3 Å². The number of nitrogen functional groups attached to an aromatic ring is 1. The Balaban J connectivity index is 2.65. The fraction of sp³-hybridized carbons (Fsp3) is 0.538. The third kappa shape index (κ3) is 4.69. The molecule has 0 aliphatic rings. The fourth-order valence-electron chi connectivity index (χ4n) is 1.80. The summed E-state index contributed by atoms with van der Waals surface area (Å²) in [5, 5.41) is 3.26. The van der Waals surface area contributed by atoms with Gasteiger partial charge in [-0.1, -0.05) is 31.9 Å².